The Morgan fingerprint density at radius 3 is 2.82 bits per heavy atom. The largest absolute Gasteiger partial charge is 0.484 e. The third kappa shape index (κ3) is 5.02. The molecule has 0 bridgehead atoms. The molecular formula is C24H24N8O2. The molecule has 34 heavy (non-hydrogen) atoms. The molecule has 1 fully saturated rings. The van der Waals surface area contributed by atoms with Crippen molar-refractivity contribution in [1.29, 1.82) is 0 Å². The standard InChI is InChI=1S/C24H24N8O2/c25-21(33)14-34-18-3-1-16(2-4-18)29-22-11-15(5-10-28-22)23-31-20-13-27-9-7-19(20)24(32-23)30-17-6-8-26-12-17/h1-5,7,9-11,13,17,26H,6,8,12,14H2,(H2,25,33)(H,28,29)(H,30,31,32)/t17-/m1/s1. The van der Waals surface area contributed by atoms with Gasteiger partial charge in [-0.25, -0.2) is 15.0 Å². The van der Waals surface area contributed by atoms with Crippen molar-refractivity contribution in [2.24, 2.45) is 5.73 Å². The summed E-state index contributed by atoms with van der Waals surface area (Å²) in [5.74, 6) is 2.08. The van der Waals surface area contributed by atoms with Crippen LogP contribution in [-0.4, -0.2) is 51.6 Å². The number of rotatable bonds is 8. The maximum absolute atomic E-state index is 10.9. The van der Waals surface area contributed by atoms with Crippen LogP contribution >= 0.6 is 0 Å². The van der Waals surface area contributed by atoms with Crippen LogP contribution in [-0.2, 0) is 4.79 Å². The zero-order valence-corrected chi connectivity index (χ0v) is 18.4. The van der Waals surface area contributed by atoms with Gasteiger partial charge in [-0.1, -0.05) is 0 Å². The van der Waals surface area contributed by atoms with Gasteiger partial charge < -0.3 is 26.4 Å². The van der Waals surface area contributed by atoms with Crippen molar-refractivity contribution >= 4 is 34.1 Å². The van der Waals surface area contributed by atoms with Crippen LogP contribution in [0.25, 0.3) is 22.3 Å². The van der Waals surface area contributed by atoms with Crippen LogP contribution < -0.4 is 26.4 Å². The lowest BCUT2D eigenvalue weighted by atomic mass is 10.2. The van der Waals surface area contributed by atoms with Gasteiger partial charge in [0.1, 0.15) is 17.4 Å². The Morgan fingerprint density at radius 1 is 1.15 bits per heavy atom. The number of fused-ring (bicyclic) bond motifs is 1. The first-order valence-electron chi connectivity index (χ1n) is 11.0. The molecule has 0 unspecified atom stereocenters. The van der Waals surface area contributed by atoms with Crippen LogP contribution in [0.3, 0.4) is 0 Å². The van der Waals surface area contributed by atoms with Gasteiger partial charge in [0.25, 0.3) is 5.91 Å². The minimum Gasteiger partial charge on any atom is -0.484 e. The van der Waals surface area contributed by atoms with E-state index in [2.05, 4.69) is 25.9 Å². The molecule has 10 heteroatoms. The number of anilines is 3. The van der Waals surface area contributed by atoms with E-state index < -0.39 is 5.91 Å². The molecule has 0 radical (unpaired) electrons. The minimum absolute atomic E-state index is 0.161. The summed E-state index contributed by atoms with van der Waals surface area (Å²) in [6.45, 7) is 1.74. The lowest BCUT2D eigenvalue weighted by Crippen LogP contribution is -2.23. The number of nitrogens with one attached hydrogen (secondary N) is 3. The first-order chi connectivity index (χ1) is 16.6. The summed E-state index contributed by atoms with van der Waals surface area (Å²) in [6, 6.07) is 13.2. The molecule has 3 aromatic heterocycles. The van der Waals surface area contributed by atoms with Crippen LogP contribution in [0.15, 0.2) is 61.1 Å². The second-order valence-corrected chi connectivity index (χ2v) is 7.96. The summed E-state index contributed by atoms with van der Waals surface area (Å²) in [5.41, 5.74) is 7.53. The van der Waals surface area contributed by atoms with Crippen LogP contribution in [0.4, 0.5) is 17.3 Å². The molecule has 4 heterocycles. The third-order valence-corrected chi connectivity index (χ3v) is 5.43. The molecule has 0 spiro atoms. The summed E-state index contributed by atoms with van der Waals surface area (Å²) < 4.78 is 5.29. The molecule has 1 aliphatic rings. The number of benzene rings is 1. The van der Waals surface area contributed by atoms with E-state index in [1.54, 1.807) is 30.7 Å². The second-order valence-electron chi connectivity index (χ2n) is 7.96. The Morgan fingerprint density at radius 2 is 2.03 bits per heavy atom. The van der Waals surface area contributed by atoms with Crippen molar-refractivity contribution < 1.29 is 9.53 Å². The van der Waals surface area contributed by atoms with Gasteiger partial charge in [0.2, 0.25) is 0 Å². The van der Waals surface area contributed by atoms with Gasteiger partial charge in [0.05, 0.1) is 11.7 Å². The van der Waals surface area contributed by atoms with Crippen molar-refractivity contribution in [3.63, 3.8) is 0 Å². The minimum atomic E-state index is -0.520. The molecule has 1 atom stereocenters. The Labute approximate surface area is 196 Å². The molecule has 1 saturated heterocycles. The number of hydrogen-bond acceptors (Lipinski definition) is 9. The molecule has 10 nitrogen and oxygen atoms in total. The average Bonchev–Trinajstić information content (AvgIpc) is 3.37. The monoisotopic (exact) mass is 456 g/mol. The van der Waals surface area contributed by atoms with Gasteiger partial charge in [-0.15, -0.1) is 0 Å². The summed E-state index contributed by atoms with van der Waals surface area (Å²) >= 11 is 0. The number of carbonyl (C=O) groups excluding carboxylic acids is 1. The molecule has 4 aromatic rings. The van der Waals surface area contributed by atoms with Crippen LogP contribution in [0.5, 0.6) is 5.75 Å². The Hall–Kier alpha value is -4.31. The number of carbonyl (C=O) groups is 1. The number of nitrogens with zero attached hydrogens (tertiary/aromatic N) is 4. The Balaban J connectivity index is 1.39. The molecule has 0 saturated carbocycles. The van der Waals surface area contributed by atoms with E-state index in [0.29, 0.717) is 23.4 Å². The molecule has 1 amide bonds. The third-order valence-electron chi connectivity index (χ3n) is 5.43. The van der Waals surface area contributed by atoms with E-state index in [4.69, 9.17) is 20.4 Å². The zero-order chi connectivity index (χ0) is 23.3. The van der Waals surface area contributed by atoms with E-state index in [1.807, 2.05) is 30.3 Å². The predicted octanol–water partition coefficient (Wildman–Crippen LogP) is 2.47. The number of nitrogens with two attached hydrogens (primary N) is 1. The number of pyridine rings is 2. The van der Waals surface area contributed by atoms with Crippen molar-refractivity contribution in [2.75, 3.05) is 30.3 Å². The van der Waals surface area contributed by atoms with Crippen molar-refractivity contribution in [3.05, 3.63) is 61.1 Å². The van der Waals surface area contributed by atoms with Gasteiger partial charge in [-0.2, -0.15) is 0 Å². The Kier molecular flexibility index (Phi) is 6.13. The Bertz CT molecular complexity index is 1310. The summed E-state index contributed by atoms with van der Waals surface area (Å²) in [5, 5.41) is 11.1. The normalized spacial score (nSPS) is 15.2. The average molecular weight is 457 g/mol. The summed E-state index contributed by atoms with van der Waals surface area (Å²) in [6.07, 6.45) is 6.26. The highest BCUT2D eigenvalue weighted by Crippen LogP contribution is 2.27. The smallest absolute Gasteiger partial charge is 0.255 e. The lowest BCUT2D eigenvalue weighted by Gasteiger charge is -2.15. The second kappa shape index (κ2) is 9.67. The summed E-state index contributed by atoms with van der Waals surface area (Å²) in [4.78, 5) is 29.1. The van der Waals surface area contributed by atoms with Crippen LogP contribution in [0.1, 0.15) is 6.42 Å². The molecule has 5 N–H and O–H groups in total. The van der Waals surface area contributed by atoms with E-state index in [-0.39, 0.29) is 6.61 Å². The summed E-state index contributed by atoms with van der Waals surface area (Å²) in [7, 11) is 0. The predicted molar refractivity (Wildman–Crippen MR) is 130 cm³/mol. The highest BCUT2D eigenvalue weighted by Gasteiger charge is 2.17. The molecule has 172 valence electrons. The van der Waals surface area contributed by atoms with Gasteiger partial charge >= 0.3 is 0 Å². The number of primary amides is 1. The maximum Gasteiger partial charge on any atom is 0.255 e. The van der Waals surface area contributed by atoms with Gasteiger partial charge in [-0.3, -0.25) is 9.78 Å². The maximum atomic E-state index is 10.9. The number of hydrogen-bond donors (Lipinski definition) is 4. The fraction of sp³-hybridized carbons (Fsp3) is 0.208. The molecular weight excluding hydrogens is 432 g/mol. The van der Waals surface area contributed by atoms with E-state index in [0.717, 1.165) is 47.5 Å². The van der Waals surface area contributed by atoms with Crippen LogP contribution in [0.2, 0.25) is 0 Å². The molecule has 0 aliphatic carbocycles. The first kappa shape index (κ1) is 21.5. The van der Waals surface area contributed by atoms with E-state index in [1.165, 1.54) is 0 Å². The lowest BCUT2D eigenvalue weighted by molar-refractivity contribution is -0.119. The highest BCUT2D eigenvalue weighted by molar-refractivity contribution is 5.90. The van der Waals surface area contributed by atoms with Crippen LogP contribution in [0, 0.1) is 0 Å². The van der Waals surface area contributed by atoms with Crippen molar-refractivity contribution in [3.8, 4) is 17.1 Å². The topological polar surface area (TPSA) is 140 Å². The number of ether oxygens (including phenoxy) is 1. The molecule has 1 aliphatic heterocycles. The SMILES string of the molecule is NC(=O)COc1ccc(Nc2cc(-c3nc(N[C@@H]4CCNC4)c4ccncc4n3)ccn2)cc1. The van der Waals surface area contributed by atoms with Crippen molar-refractivity contribution in [2.45, 2.75) is 12.5 Å². The highest BCUT2D eigenvalue weighted by atomic mass is 16.5. The quantitative estimate of drug-likeness (QED) is 0.315. The van der Waals surface area contributed by atoms with Gasteiger partial charge in [0.15, 0.2) is 12.4 Å². The molecule has 1 aromatic carbocycles. The fourth-order valence-corrected chi connectivity index (χ4v) is 3.77. The fourth-order valence-electron chi connectivity index (χ4n) is 3.77. The van der Waals surface area contributed by atoms with Crippen molar-refractivity contribution in [1.82, 2.24) is 25.3 Å². The van der Waals surface area contributed by atoms with E-state index >= 15 is 0 Å². The zero-order valence-electron chi connectivity index (χ0n) is 18.4. The number of aromatic nitrogens is 4. The first-order valence-corrected chi connectivity index (χ1v) is 11.0. The number of amides is 1. The molecule has 5 rings (SSSR count). The van der Waals surface area contributed by atoms with E-state index in [9.17, 15) is 4.79 Å². The van der Waals surface area contributed by atoms with Gasteiger partial charge in [-0.05, 0) is 55.4 Å². The van der Waals surface area contributed by atoms with Gasteiger partial charge in [0, 0.05) is 41.6 Å².